The van der Waals surface area contributed by atoms with Gasteiger partial charge in [-0.2, -0.15) is 0 Å². The summed E-state index contributed by atoms with van der Waals surface area (Å²) in [4.78, 5) is 35.2. The maximum absolute atomic E-state index is 12.5. The molecule has 1 atom stereocenters. The number of ether oxygens (including phenoxy) is 1. The van der Waals surface area contributed by atoms with E-state index in [4.69, 9.17) is 4.74 Å². The fourth-order valence-corrected chi connectivity index (χ4v) is 3.13. The van der Waals surface area contributed by atoms with Crippen molar-refractivity contribution in [3.63, 3.8) is 0 Å². The fraction of sp³-hybridized carbons (Fsp3) is 0.429. The van der Waals surface area contributed by atoms with Crippen molar-refractivity contribution in [2.45, 2.75) is 45.1 Å². The van der Waals surface area contributed by atoms with Crippen LogP contribution in [0.2, 0.25) is 0 Å². The number of rotatable bonds is 3. The quantitative estimate of drug-likeness (QED) is 0.872. The normalized spacial score (nSPS) is 17.1. The maximum Gasteiger partial charge on any atom is 0.410 e. The Hall–Kier alpha value is -2.96. The lowest BCUT2D eigenvalue weighted by Gasteiger charge is -2.34. The average Bonchev–Trinajstić information content (AvgIpc) is 2.68. The van der Waals surface area contributed by atoms with Crippen LogP contribution in [0.25, 0.3) is 0 Å². The summed E-state index contributed by atoms with van der Waals surface area (Å²) >= 11 is 0. The van der Waals surface area contributed by atoms with Gasteiger partial charge in [-0.25, -0.2) is 14.8 Å². The average molecular weight is 382 g/mol. The summed E-state index contributed by atoms with van der Waals surface area (Å²) in [5.74, 6) is 0.248. The van der Waals surface area contributed by atoms with Crippen LogP contribution in [0.5, 0.6) is 0 Å². The van der Waals surface area contributed by atoms with E-state index in [1.54, 1.807) is 35.4 Å². The number of anilines is 1. The molecule has 28 heavy (non-hydrogen) atoms. The van der Waals surface area contributed by atoms with Gasteiger partial charge < -0.3 is 15.0 Å². The second kappa shape index (κ2) is 8.37. The SMILES string of the molecule is CC(C)(C)OC(=O)N1CCCC(c2cccc(C(=O)Nc3ccccn3)n2)C1. The van der Waals surface area contributed by atoms with Crippen LogP contribution in [0.3, 0.4) is 0 Å². The Morgan fingerprint density at radius 1 is 1.18 bits per heavy atom. The molecule has 0 aromatic carbocycles. The third kappa shape index (κ3) is 5.28. The minimum atomic E-state index is -0.522. The van der Waals surface area contributed by atoms with Crippen LogP contribution in [-0.2, 0) is 4.74 Å². The molecule has 2 aromatic rings. The third-order valence-corrected chi connectivity index (χ3v) is 4.40. The van der Waals surface area contributed by atoms with Gasteiger partial charge in [0.25, 0.3) is 5.91 Å². The van der Waals surface area contributed by atoms with Crippen LogP contribution in [0.4, 0.5) is 10.6 Å². The molecule has 0 bridgehead atoms. The zero-order valence-electron chi connectivity index (χ0n) is 16.5. The molecule has 1 N–H and O–H groups in total. The largest absolute Gasteiger partial charge is 0.444 e. The first kappa shape index (κ1) is 19.8. The number of pyridine rings is 2. The van der Waals surface area contributed by atoms with E-state index >= 15 is 0 Å². The van der Waals surface area contributed by atoms with Gasteiger partial charge in [0.15, 0.2) is 0 Å². The number of nitrogens with zero attached hydrogens (tertiary/aromatic N) is 3. The van der Waals surface area contributed by atoms with E-state index in [-0.39, 0.29) is 17.9 Å². The summed E-state index contributed by atoms with van der Waals surface area (Å²) in [7, 11) is 0. The molecule has 7 heteroatoms. The van der Waals surface area contributed by atoms with Crippen molar-refractivity contribution < 1.29 is 14.3 Å². The molecule has 0 spiro atoms. The second-order valence-electron chi connectivity index (χ2n) is 7.88. The van der Waals surface area contributed by atoms with Crippen LogP contribution in [-0.4, -0.2) is 45.6 Å². The van der Waals surface area contributed by atoms with Gasteiger partial charge in [-0.15, -0.1) is 0 Å². The summed E-state index contributed by atoms with van der Waals surface area (Å²) in [6, 6.07) is 10.7. The molecule has 3 rings (SSSR count). The number of amides is 2. The molecule has 3 heterocycles. The number of likely N-dealkylation sites (tertiary alicyclic amines) is 1. The van der Waals surface area contributed by atoms with Crippen molar-refractivity contribution >= 4 is 17.8 Å². The zero-order valence-corrected chi connectivity index (χ0v) is 16.5. The highest BCUT2D eigenvalue weighted by atomic mass is 16.6. The number of hydrogen-bond acceptors (Lipinski definition) is 5. The van der Waals surface area contributed by atoms with Gasteiger partial charge in [0, 0.05) is 30.9 Å². The Balaban J connectivity index is 1.69. The predicted molar refractivity (Wildman–Crippen MR) is 106 cm³/mol. The number of hydrogen-bond donors (Lipinski definition) is 1. The smallest absolute Gasteiger partial charge is 0.410 e. The Bertz CT molecular complexity index is 833. The molecular weight excluding hydrogens is 356 g/mol. The van der Waals surface area contributed by atoms with Crippen molar-refractivity contribution in [3.8, 4) is 0 Å². The highest BCUT2D eigenvalue weighted by Crippen LogP contribution is 2.27. The lowest BCUT2D eigenvalue weighted by atomic mass is 9.94. The molecule has 1 saturated heterocycles. The van der Waals surface area contributed by atoms with Gasteiger partial charge in [0.05, 0.1) is 0 Å². The van der Waals surface area contributed by atoms with E-state index in [9.17, 15) is 9.59 Å². The van der Waals surface area contributed by atoms with Crippen molar-refractivity contribution in [1.82, 2.24) is 14.9 Å². The van der Waals surface area contributed by atoms with E-state index in [1.165, 1.54) is 0 Å². The van der Waals surface area contributed by atoms with E-state index in [0.29, 0.717) is 24.6 Å². The van der Waals surface area contributed by atoms with Crippen molar-refractivity contribution in [2.75, 3.05) is 18.4 Å². The first-order valence-corrected chi connectivity index (χ1v) is 9.49. The van der Waals surface area contributed by atoms with Crippen LogP contribution in [0.1, 0.15) is 55.7 Å². The minimum Gasteiger partial charge on any atom is -0.444 e. The molecular formula is C21H26N4O3. The highest BCUT2D eigenvalue weighted by Gasteiger charge is 2.29. The van der Waals surface area contributed by atoms with Gasteiger partial charge >= 0.3 is 6.09 Å². The van der Waals surface area contributed by atoms with Gasteiger partial charge in [-0.05, 0) is 57.9 Å². The molecule has 2 amide bonds. The molecule has 1 fully saturated rings. The molecule has 1 aliphatic rings. The summed E-state index contributed by atoms with van der Waals surface area (Å²) in [6.45, 7) is 6.78. The van der Waals surface area contributed by atoms with E-state index in [2.05, 4.69) is 15.3 Å². The molecule has 0 radical (unpaired) electrons. The first-order valence-electron chi connectivity index (χ1n) is 9.49. The number of nitrogens with one attached hydrogen (secondary N) is 1. The lowest BCUT2D eigenvalue weighted by Crippen LogP contribution is -2.42. The monoisotopic (exact) mass is 382 g/mol. The fourth-order valence-electron chi connectivity index (χ4n) is 3.13. The standard InChI is InChI=1S/C21H26N4O3/c1-21(2,3)28-20(27)25-13-7-8-15(14-25)16-9-6-10-17(23-16)19(26)24-18-11-4-5-12-22-18/h4-6,9-12,15H,7-8,13-14H2,1-3H3,(H,22,24,26). The van der Waals surface area contributed by atoms with Crippen LogP contribution in [0, 0.1) is 0 Å². The number of carbonyl (C=O) groups is 2. The molecule has 1 unspecified atom stereocenters. The molecule has 148 valence electrons. The van der Waals surface area contributed by atoms with E-state index < -0.39 is 5.60 Å². The number of piperidine rings is 1. The highest BCUT2D eigenvalue weighted by molar-refractivity contribution is 6.02. The van der Waals surface area contributed by atoms with Gasteiger partial charge in [0.2, 0.25) is 0 Å². The molecule has 1 aliphatic heterocycles. The third-order valence-electron chi connectivity index (χ3n) is 4.40. The predicted octanol–water partition coefficient (Wildman–Crippen LogP) is 3.84. The maximum atomic E-state index is 12.5. The van der Waals surface area contributed by atoms with Gasteiger partial charge in [0.1, 0.15) is 17.1 Å². The lowest BCUT2D eigenvalue weighted by molar-refractivity contribution is 0.0197. The number of aromatic nitrogens is 2. The topological polar surface area (TPSA) is 84.4 Å². The Morgan fingerprint density at radius 2 is 2.00 bits per heavy atom. The summed E-state index contributed by atoms with van der Waals surface area (Å²) in [6.07, 6.45) is 3.10. The Morgan fingerprint density at radius 3 is 2.71 bits per heavy atom. The molecule has 0 aliphatic carbocycles. The Kier molecular flexibility index (Phi) is 5.92. The van der Waals surface area contributed by atoms with Crippen molar-refractivity contribution in [3.05, 3.63) is 54.0 Å². The second-order valence-corrected chi connectivity index (χ2v) is 7.88. The van der Waals surface area contributed by atoms with Crippen LogP contribution >= 0.6 is 0 Å². The molecule has 7 nitrogen and oxygen atoms in total. The number of carbonyl (C=O) groups excluding carboxylic acids is 2. The molecule has 2 aromatic heterocycles. The van der Waals surface area contributed by atoms with E-state index in [0.717, 1.165) is 18.5 Å². The van der Waals surface area contributed by atoms with Gasteiger partial charge in [-0.1, -0.05) is 12.1 Å². The summed E-state index contributed by atoms with van der Waals surface area (Å²) < 4.78 is 5.49. The van der Waals surface area contributed by atoms with Crippen molar-refractivity contribution in [2.24, 2.45) is 0 Å². The Labute approximate surface area is 165 Å². The zero-order chi connectivity index (χ0) is 20.1. The minimum absolute atomic E-state index is 0.0730. The van der Waals surface area contributed by atoms with Crippen LogP contribution < -0.4 is 5.32 Å². The van der Waals surface area contributed by atoms with Crippen molar-refractivity contribution in [1.29, 1.82) is 0 Å². The molecule has 0 saturated carbocycles. The summed E-state index contributed by atoms with van der Waals surface area (Å²) in [5.41, 5.74) is 0.616. The van der Waals surface area contributed by atoms with E-state index in [1.807, 2.05) is 32.9 Å². The first-order chi connectivity index (χ1) is 13.3. The van der Waals surface area contributed by atoms with Gasteiger partial charge in [-0.3, -0.25) is 4.79 Å². The van der Waals surface area contributed by atoms with Crippen LogP contribution in [0.15, 0.2) is 42.6 Å². The summed E-state index contributed by atoms with van der Waals surface area (Å²) in [5, 5.41) is 2.74.